The van der Waals surface area contributed by atoms with Gasteiger partial charge in [-0.3, -0.25) is 4.79 Å². The van der Waals surface area contributed by atoms with Gasteiger partial charge in [0.1, 0.15) is 10.8 Å². The Balaban J connectivity index is 1.73. The topological polar surface area (TPSA) is 54.9 Å². The number of nitrogens with one attached hydrogen (secondary N) is 1. The van der Waals surface area contributed by atoms with E-state index in [9.17, 15) is 9.18 Å². The van der Waals surface area contributed by atoms with Crippen LogP contribution in [0, 0.1) is 5.82 Å². The van der Waals surface area contributed by atoms with Gasteiger partial charge in [0.05, 0.1) is 6.04 Å². The molecule has 2 heterocycles. The van der Waals surface area contributed by atoms with Crippen LogP contribution >= 0.6 is 22.7 Å². The van der Waals surface area contributed by atoms with Crippen LogP contribution in [0.15, 0.2) is 41.1 Å². The summed E-state index contributed by atoms with van der Waals surface area (Å²) >= 11 is 2.77. The van der Waals surface area contributed by atoms with Gasteiger partial charge >= 0.3 is 0 Å². The van der Waals surface area contributed by atoms with Crippen molar-refractivity contribution in [3.63, 3.8) is 0 Å². The Hall–Kier alpha value is -2.12. The summed E-state index contributed by atoms with van der Waals surface area (Å²) in [5.74, 6) is -0.569. The molecule has 1 atom stereocenters. The van der Waals surface area contributed by atoms with E-state index in [-0.39, 0.29) is 17.8 Å². The number of thiophene rings is 1. The first-order valence-electron chi connectivity index (χ1n) is 6.56. The second-order valence-electron chi connectivity index (χ2n) is 4.67. The molecular weight excluding hydrogens is 321 g/mol. The van der Waals surface area contributed by atoms with Crippen molar-refractivity contribution in [2.45, 2.75) is 13.0 Å². The Morgan fingerprint density at radius 3 is 2.68 bits per heavy atom. The normalized spacial score (nSPS) is 12.1. The third kappa shape index (κ3) is 3.20. The van der Waals surface area contributed by atoms with E-state index in [0.29, 0.717) is 10.0 Å². The SMILES string of the molecule is C[C@@H](NC(=O)c1nnc(-c2ccc(F)cc2)s1)c1ccsc1. The van der Waals surface area contributed by atoms with Crippen LogP contribution in [0.1, 0.15) is 28.3 Å². The van der Waals surface area contributed by atoms with Gasteiger partial charge in [-0.2, -0.15) is 11.3 Å². The first-order chi connectivity index (χ1) is 10.6. The summed E-state index contributed by atoms with van der Waals surface area (Å²) in [5.41, 5.74) is 1.80. The number of carbonyl (C=O) groups excluding carboxylic acids is 1. The van der Waals surface area contributed by atoms with Crippen molar-refractivity contribution < 1.29 is 9.18 Å². The molecule has 1 aromatic carbocycles. The summed E-state index contributed by atoms with van der Waals surface area (Å²) < 4.78 is 12.9. The molecule has 4 nitrogen and oxygen atoms in total. The molecule has 0 aliphatic carbocycles. The number of aromatic nitrogens is 2. The van der Waals surface area contributed by atoms with Crippen molar-refractivity contribution in [2.75, 3.05) is 0 Å². The number of rotatable bonds is 4. The molecule has 0 spiro atoms. The average molecular weight is 333 g/mol. The quantitative estimate of drug-likeness (QED) is 0.788. The minimum atomic E-state index is -0.309. The lowest BCUT2D eigenvalue weighted by Gasteiger charge is -2.10. The molecule has 22 heavy (non-hydrogen) atoms. The number of hydrogen-bond donors (Lipinski definition) is 1. The number of hydrogen-bond acceptors (Lipinski definition) is 5. The van der Waals surface area contributed by atoms with Crippen molar-refractivity contribution in [1.82, 2.24) is 15.5 Å². The van der Waals surface area contributed by atoms with E-state index >= 15 is 0 Å². The molecule has 0 aliphatic rings. The number of benzene rings is 1. The molecule has 0 unspecified atom stereocenters. The molecular formula is C15H12FN3OS2. The predicted molar refractivity (Wildman–Crippen MR) is 85.5 cm³/mol. The van der Waals surface area contributed by atoms with Gasteiger partial charge in [0.2, 0.25) is 5.01 Å². The lowest BCUT2D eigenvalue weighted by Crippen LogP contribution is -2.26. The van der Waals surface area contributed by atoms with Crippen LogP contribution in [0.25, 0.3) is 10.6 Å². The van der Waals surface area contributed by atoms with Crippen LogP contribution in [0.4, 0.5) is 4.39 Å². The van der Waals surface area contributed by atoms with Crippen LogP contribution in [0.5, 0.6) is 0 Å². The molecule has 3 rings (SSSR count). The molecule has 1 amide bonds. The summed E-state index contributed by atoms with van der Waals surface area (Å²) in [5, 5.41) is 15.6. The summed E-state index contributed by atoms with van der Waals surface area (Å²) in [6.07, 6.45) is 0. The molecule has 3 aromatic rings. The van der Waals surface area contributed by atoms with Crippen LogP contribution in [0.3, 0.4) is 0 Å². The minimum Gasteiger partial charge on any atom is -0.343 e. The van der Waals surface area contributed by atoms with Gasteiger partial charge in [-0.15, -0.1) is 10.2 Å². The van der Waals surface area contributed by atoms with Gasteiger partial charge < -0.3 is 5.32 Å². The standard InChI is InChI=1S/C15H12FN3OS2/c1-9(11-6-7-21-8-11)17-13(20)15-19-18-14(22-15)10-2-4-12(16)5-3-10/h2-9H,1H3,(H,17,20)/t9-/m1/s1. The molecule has 0 aliphatic heterocycles. The van der Waals surface area contributed by atoms with E-state index in [1.807, 2.05) is 23.8 Å². The van der Waals surface area contributed by atoms with Crippen molar-refractivity contribution >= 4 is 28.6 Å². The maximum absolute atomic E-state index is 12.9. The smallest absolute Gasteiger partial charge is 0.282 e. The van der Waals surface area contributed by atoms with Gasteiger partial charge in [-0.25, -0.2) is 4.39 Å². The Bertz CT molecular complexity index is 768. The highest BCUT2D eigenvalue weighted by Gasteiger charge is 2.17. The first kappa shape index (κ1) is 14.8. The number of carbonyl (C=O) groups is 1. The molecule has 0 fully saturated rings. The van der Waals surface area contributed by atoms with E-state index in [1.54, 1.807) is 23.5 Å². The van der Waals surface area contributed by atoms with Crippen molar-refractivity contribution in [1.29, 1.82) is 0 Å². The third-order valence-corrected chi connectivity index (χ3v) is 4.77. The van der Waals surface area contributed by atoms with Crippen LogP contribution in [-0.4, -0.2) is 16.1 Å². The molecule has 0 saturated heterocycles. The monoisotopic (exact) mass is 333 g/mol. The second kappa shape index (κ2) is 6.33. The predicted octanol–water partition coefficient (Wildman–Crippen LogP) is 3.90. The summed E-state index contributed by atoms with van der Waals surface area (Å²) in [4.78, 5) is 12.2. The molecule has 0 saturated carbocycles. The number of nitrogens with zero attached hydrogens (tertiary/aromatic N) is 2. The lowest BCUT2D eigenvalue weighted by atomic mass is 10.2. The summed E-state index contributed by atoms with van der Waals surface area (Å²) in [6, 6.07) is 7.83. The first-order valence-corrected chi connectivity index (χ1v) is 8.32. The van der Waals surface area contributed by atoms with E-state index in [4.69, 9.17) is 0 Å². The fraction of sp³-hybridized carbons (Fsp3) is 0.133. The number of amides is 1. The van der Waals surface area contributed by atoms with E-state index < -0.39 is 0 Å². The molecule has 1 N–H and O–H groups in total. The molecule has 0 radical (unpaired) electrons. The van der Waals surface area contributed by atoms with E-state index in [2.05, 4.69) is 15.5 Å². The van der Waals surface area contributed by atoms with E-state index in [0.717, 1.165) is 11.1 Å². The zero-order valence-corrected chi connectivity index (χ0v) is 13.2. The molecule has 7 heteroatoms. The van der Waals surface area contributed by atoms with E-state index in [1.165, 1.54) is 23.5 Å². The third-order valence-electron chi connectivity index (χ3n) is 3.10. The van der Waals surface area contributed by atoms with Gasteiger partial charge in [-0.1, -0.05) is 11.3 Å². The highest BCUT2D eigenvalue weighted by molar-refractivity contribution is 7.16. The largest absolute Gasteiger partial charge is 0.343 e. The van der Waals surface area contributed by atoms with Gasteiger partial charge in [0.15, 0.2) is 0 Å². The number of halogens is 1. The maximum atomic E-state index is 12.9. The van der Waals surface area contributed by atoms with Crippen LogP contribution in [-0.2, 0) is 0 Å². The molecule has 2 aromatic heterocycles. The Labute approximate surface area is 134 Å². The van der Waals surface area contributed by atoms with Gasteiger partial charge in [0, 0.05) is 5.56 Å². The molecule has 112 valence electrons. The molecule has 0 bridgehead atoms. The fourth-order valence-corrected chi connectivity index (χ4v) is 3.39. The Morgan fingerprint density at radius 1 is 1.23 bits per heavy atom. The zero-order chi connectivity index (χ0) is 15.5. The zero-order valence-electron chi connectivity index (χ0n) is 11.6. The highest BCUT2D eigenvalue weighted by Crippen LogP contribution is 2.24. The summed E-state index contributed by atoms with van der Waals surface area (Å²) in [6.45, 7) is 1.92. The van der Waals surface area contributed by atoms with Crippen molar-refractivity contribution in [3.05, 3.63) is 57.5 Å². The maximum Gasteiger partial charge on any atom is 0.282 e. The lowest BCUT2D eigenvalue weighted by molar-refractivity contribution is 0.0939. The minimum absolute atomic E-state index is 0.0862. The second-order valence-corrected chi connectivity index (χ2v) is 6.43. The van der Waals surface area contributed by atoms with Crippen LogP contribution < -0.4 is 5.32 Å². The van der Waals surface area contributed by atoms with Crippen molar-refractivity contribution in [3.8, 4) is 10.6 Å². The highest BCUT2D eigenvalue weighted by atomic mass is 32.1. The summed E-state index contributed by atoms with van der Waals surface area (Å²) in [7, 11) is 0. The Morgan fingerprint density at radius 2 is 2.00 bits per heavy atom. The Kier molecular flexibility index (Phi) is 4.26. The van der Waals surface area contributed by atoms with Gasteiger partial charge in [-0.05, 0) is 53.6 Å². The van der Waals surface area contributed by atoms with Crippen molar-refractivity contribution in [2.24, 2.45) is 0 Å². The average Bonchev–Trinajstić information content (AvgIpc) is 3.20. The fourth-order valence-electron chi connectivity index (χ4n) is 1.89. The van der Waals surface area contributed by atoms with Gasteiger partial charge in [0.25, 0.3) is 5.91 Å². The van der Waals surface area contributed by atoms with Crippen LogP contribution in [0.2, 0.25) is 0 Å².